The Labute approximate surface area is 227 Å². The summed E-state index contributed by atoms with van der Waals surface area (Å²) < 4.78 is 19.5. The normalized spacial score (nSPS) is 17.9. The number of pyridine rings is 2. The van der Waals surface area contributed by atoms with Gasteiger partial charge in [-0.25, -0.2) is 9.78 Å². The number of rotatable bonds is 5. The van der Waals surface area contributed by atoms with E-state index in [4.69, 9.17) is 25.8 Å². The molecule has 2 fully saturated rings. The standard InChI is InChI=1S/C27H37ClN4O6/c1-8-36-27(9-11-31(12-10-27)17(3)33)20-13-19-21(30(7)24(20)34)22(16(2)29-23(19)28)37-18-14-32(15-18)25(35)38-26(4,5)6/h13,18H,8-12,14-15H2,1-7H3. The molecule has 0 bridgehead atoms. The lowest BCUT2D eigenvalue weighted by Crippen LogP contribution is -2.57. The number of carbonyl (C=O) groups is 2. The van der Waals surface area contributed by atoms with Crippen LogP contribution < -0.4 is 10.3 Å². The third kappa shape index (κ3) is 5.33. The topological polar surface area (TPSA) is 103 Å². The summed E-state index contributed by atoms with van der Waals surface area (Å²) in [4.78, 5) is 45.9. The zero-order chi connectivity index (χ0) is 28.0. The lowest BCUT2D eigenvalue weighted by atomic mass is 9.84. The van der Waals surface area contributed by atoms with Gasteiger partial charge in [0.05, 0.1) is 29.9 Å². The van der Waals surface area contributed by atoms with Crippen LogP contribution in [0.15, 0.2) is 10.9 Å². The molecule has 38 heavy (non-hydrogen) atoms. The second-order valence-corrected chi connectivity index (χ2v) is 11.4. The van der Waals surface area contributed by atoms with Gasteiger partial charge in [-0.2, -0.15) is 0 Å². The molecule has 2 aliphatic heterocycles. The van der Waals surface area contributed by atoms with Crippen LogP contribution in [0.5, 0.6) is 5.75 Å². The van der Waals surface area contributed by atoms with Gasteiger partial charge in [-0.05, 0) is 53.5 Å². The van der Waals surface area contributed by atoms with Crippen LogP contribution in [-0.2, 0) is 26.9 Å². The van der Waals surface area contributed by atoms with E-state index >= 15 is 0 Å². The molecule has 0 aromatic carbocycles. The average molecular weight is 549 g/mol. The monoisotopic (exact) mass is 548 g/mol. The zero-order valence-corrected chi connectivity index (χ0v) is 24.0. The molecule has 0 N–H and O–H groups in total. The number of aromatic nitrogens is 2. The van der Waals surface area contributed by atoms with Crippen molar-refractivity contribution in [3.05, 3.63) is 32.8 Å². The number of halogens is 1. The molecular weight excluding hydrogens is 512 g/mol. The van der Waals surface area contributed by atoms with Crippen molar-refractivity contribution in [3.63, 3.8) is 0 Å². The second kappa shape index (κ2) is 10.4. The first-order valence-corrected chi connectivity index (χ1v) is 13.4. The number of likely N-dealkylation sites (tertiary alicyclic amines) is 2. The number of ether oxygens (including phenoxy) is 3. The maximum atomic E-state index is 13.8. The number of amides is 2. The number of piperidine rings is 1. The molecule has 0 unspecified atom stereocenters. The van der Waals surface area contributed by atoms with E-state index in [9.17, 15) is 14.4 Å². The molecule has 2 aromatic rings. The van der Waals surface area contributed by atoms with Crippen LogP contribution in [0.2, 0.25) is 5.15 Å². The van der Waals surface area contributed by atoms with E-state index < -0.39 is 11.2 Å². The van der Waals surface area contributed by atoms with Gasteiger partial charge < -0.3 is 28.6 Å². The van der Waals surface area contributed by atoms with Crippen molar-refractivity contribution < 1.29 is 23.8 Å². The van der Waals surface area contributed by atoms with E-state index in [1.54, 1.807) is 41.3 Å². The first-order chi connectivity index (χ1) is 17.8. The van der Waals surface area contributed by atoms with Gasteiger partial charge in [-0.1, -0.05) is 11.6 Å². The van der Waals surface area contributed by atoms with Crippen LogP contribution in [0, 0.1) is 6.92 Å². The summed E-state index contributed by atoms with van der Waals surface area (Å²) in [6, 6.07) is 1.77. The predicted molar refractivity (Wildman–Crippen MR) is 144 cm³/mol. The Morgan fingerprint density at radius 1 is 1.18 bits per heavy atom. The number of carbonyl (C=O) groups excluding carboxylic acids is 2. The number of fused-ring (bicyclic) bond motifs is 1. The van der Waals surface area contributed by atoms with Crippen LogP contribution in [-0.4, -0.2) is 75.8 Å². The highest BCUT2D eigenvalue weighted by Gasteiger charge is 2.41. The number of nitrogens with zero attached hydrogens (tertiary/aromatic N) is 4. The first kappa shape index (κ1) is 28.2. The molecule has 10 nitrogen and oxygen atoms in total. The van der Waals surface area contributed by atoms with Crippen molar-refractivity contribution in [3.8, 4) is 5.75 Å². The predicted octanol–water partition coefficient (Wildman–Crippen LogP) is 3.77. The van der Waals surface area contributed by atoms with Crippen molar-refractivity contribution >= 4 is 34.5 Å². The first-order valence-electron chi connectivity index (χ1n) is 13.0. The molecule has 2 aliphatic rings. The summed E-state index contributed by atoms with van der Waals surface area (Å²) in [5, 5.41) is 0.847. The summed E-state index contributed by atoms with van der Waals surface area (Å²) in [5.74, 6) is 0.466. The van der Waals surface area contributed by atoms with E-state index in [1.807, 2.05) is 27.7 Å². The molecule has 2 aromatic heterocycles. The van der Waals surface area contributed by atoms with Crippen molar-refractivity contribution in [1.82, 2.24) is 19.4 Å². The maximum absolute atomic E-state index is 13.8. The van der Waals surface area contributed by atoms with Gasteiger partial charge in [0.2, 0.25) is 5.91 Å². The van der Waals surface area contributed by atoms with Crippen molar-refractivity contribution in [2.24, 2.45) is 7.05 Å². The largest absolute Gasteiger partial charge is 0.483 e. The smallest absolute Gasteiger partial charge is 0.410 e. The molecule has 0 saturated carbocycles. The van der Waals surface area contributed by atoms with Crippen molar-refractivity contribution in [2.45, 2.75) is 71.7 Å². The van der Waals surface area contributed by atoms with E-state index in [0.29, 0.717) is 73.5 Å². The van der Waals surface area contributed by atoms with Gasteiger partial charge in [0.15, 0.2) is 5.75 Å². The van der Waals surface area contributed by atoms with Crippen LogP contribution in [0.1, 0.15) is 58.7 Å². The number of hydrogen-bond acceptors (Lipinski definition) is 7. The highest BCUT2D eigenvalue weighted by atomic mass is 35.5. The lowest BCUT2D eigenvalue weighted by molar-refractivity contribution is -0.136. The fourth-order valence-electron chi connectivity index (χ4n) is 5.17. The summed E-state index contributed by atoms with van der Waals surface area (Å²) in [5.41, 5.74) is -0.0301. The zero-order valence-electron chi connectivity index (χ0n) is 23.2. The Morgan fingerprint density at radius 3 is 2.37 bits per heavy atom. The van der Waals surface area contributed by atoms with Crippen LogP contribution in [0.4, 0.5) is 4.79 Å². The SMILES string of the molecule is CCOC1(c2cc3c(Cl)nc(C)c(OC4CN(C(=O)OC(C)(C)C)C4)c3n(C)c2=O)CCN(C(C)=O)CC1. The summed E-state index contributed by atoms with van der Waals surface area (Å²) in [7, 11) is 1.69. The molecular formula is C27H37ClN4O6. The second-order valence-electron chi connectivity index (χ2n) is 11.1. The molecule has 2 saturated heterocycles. The molecule has 4 heterocycles. The molecule has 0 radical (unpaired) electrons. The molecule has 11 heteroatoms. The third-order valence-electron chi connectivity index (χ3n) is 7.16. The minimum absolute atomic E-state index is 0.00671. The Hall–Kier alpha value is -2.85. The van der Waals surface area contributed by atoms with E-state index in [0.717, 1.165) is 0 Å². The Morgan fingerprint density at radius 2 is 1.82 bits per heavy atom. The third-order valence-corrected chi connectivity index (χ3v) is 7.45. The quantitative estimate of drug-likeness (QED) is 0.524. The van der Waals surface area contributed by atoms with Crippen molar-refractivity contribution in [1.29, 1.82) is 0 Å². The lowest BCUT2D eigenvalue weighted by Gasteiger charge is -2.41. The number of hydrogen-bond donors (Lipinski definition) is 0. The van der Waals surface area contributed by atoms with Gasteiger partial charge in [0.1, 0.15) is 22.5 Å². The molecule has 4 rings (SSSR count). The molecule has 0 atom stereocenters. The van der Waals surface area contributed by atoms with Gasteiger partial charge in [0.25, 0.3) is 5.56 Å². The van der Waals surface area contributed by atoms with Crippen LogP contribution in [0.3, 0.4) is 0 Å². The Balaban J connectivity index is 1.68. The van der Waals surface area contributed by atoms with Gasteiger partial charge >= 0.3 is 6.09 Å². The van der Waals surface area contributed by atoms with Gasteiger partial charge in [0, 0.05) is 39.1 Å². The Bertz CT molecular complexity index is 1300. The molecule has 2 amide bonds. The summed E-state index contributed by atoms with van der Waals surface area (Å²) in [6.45, 7) is 12.9. The van der Waals surface area contributed by atoms with Gasteiger partial charge in [-0.3, -0.25) is 9.59 Å². The minimum Gasteiger partial charge on any atom is -0.483 e. The van der Waals surface area contributed by atoms with E-state index in [2.05, 4.69) is 4.98 Å². The van der Waals surface area contributed by atoms with Crippen molar-refractivity contribution in [2.75, 3.05) is 32.8 Å². The van der Waals surface area contributed by atoms with Gasteiger partial charge in [-0.15, -0.1) is 0 Å². The molecule has 0 spiro atoms. The highest BCUT2D eigenvalue weighted by Crippen LogP contribution is 2.39. The number of aryl methyl sites for hydroxylation is 2. The molecule has 208 valence electrons. The fraction of sp³-hybridized carbons (Fsp3) is 0.630. The molecule has 0 aliphatic carbocycles. The van der Waals surface area contributed by atoms with E-state index in [-0.39, 0.29) is 28.8 Å². The minimum atomic E-state index is -0.832. The summed E-state index contributed by atoms with van der Waals surface area (Å²) in [6.07, 6.45) is 0.351. The highest BCUT2D eigenvalue weighted by molar-refractivity contribution is 6.34. The maximum Gasteiger partial charge on any atom is 0.410 e. The average Bonchev–Trinajstić information content (AvgIpc) is 2.79. The van der Waals surface area contributed by atoms with Crippen LogP contribution in [0.25, 0.3) is 10.9 Å². The van der Waals surface area contributed by atoms with E-state index in [1.165, 1.54) is 0 Å². The summed E-state index contributed by atoms with van der Waals surface area (Å²) >= 11 is 6.62. The fourth-order valence-corrected chi connectivity index (χ4v) is 5.44. The Kier molecular flexibility index (Phi) is 7.69. The van der Waals surface area contributed by atoms with Crippen LogP contribution >= 0.6 is 11.6 Å².